The van der Waals surface area contributed by atoms with Crippen LogP contribution in [-0.4, -0.2) is 47.8 Å². The third-order valence-electron chi connectivity index (χ3n) is 8.39. The summed E-state index contributed by atoms with van der Waals surface area (Å²) in [6.07, 6.45) is 0.601. The number of rotatable bonds is 7. The molecule has 0 spiro atoms. The highest BCUT2D eigenvalue weighted by molar-refractivity contribution is 9.10. The molecule has 0 N–H and O–H groups in total. The molecule has 2 unspecified atom stereocenters. The van der Waals surface area contributed by atoms with E-state index in [0.29, 0.717) is 17.7 Å². The minimum Gasteiger partial charge on any atom is -0.497 e. The van der Waals surface area contributed by atoms with E-state index in [1.807, 2.05) is 60.7 Å². The second-order valence-electron chi connectivity index (χ2n) is 10.5. The van der Waals surface area contributed by atoms with Gasteiger partial charge in [0, 0.05) is 5.41 Å². The molecule has 0 bridgehead atoms. The monoisotopic (exact) mass is 621 g/mol. The van der Waals surface area contributed by atoms with E-state index in [1.165, 1.54) is 0 Å². The smallest absolute Gasteiger partial charge is 0.355 e. The first-order valence-electron chi connectivity index (χ1n) is 13.0. The summed E-state index contributed by atoms with van der Waals surface area (Å²) in [6, 6.07) is 26.9. The Morgan fingerprint density at radius 2 is 1.55 bits per heavy atom. The lowest BCUT2D eigenvalue weighted by Gasteiger charge is -2.49. The number of benzene rings is 3. The quantitative estimate of drug-likeness (QED) is 0.215. The summed E-state index contributed by atoms with van der Waals surface area (Å²) in [4.78, 5) is 26.6. The van der Waals surface area contributed by atoms with Crippen LogP contribution in [-0.2, 0) is 36.2 Å². The molecule has 2 heterocycles. The summed E-state index contributed by atoms with van der Waals surface area (Å²) in [7, 11) is -2.31. The molecule has 3 aliphatic rings. The van der Waals surface area contributed by atoms with Crippen LogP contribution in [0.3, 0.4) is 0 Å². The molecular formula is C31H28BrNO6S. The molecule has 3 aromatic carbocycles. The largest absolute Gasteiger partial charge is 0.497 e. The number of halogens is 1. The van der Waals surface area contributed by atoms with Crippen LogP contribution in [0, 0.1) is 5.92 Å². The predicted molar refractivity (Wildman–Crippen MR) is 153 cm³/mol. The Labute approximate surface area is 241 Å². The number of hydrogen-bond donors (Lipinski definition) is 0. The molecule has 9 heteroatoms. The van der Waals surface area contributed by atoms with Gasteiger partial charge in [-0.3, -0.25) is 9.69 Å². The number of carbonyl (C=O) groups excluding carboxylic acids is 2. The van der Waals surface area contributed by atoms with Crippen LogP contribution in [0.15, 0.2) is 96.2 Å². The first-order chi connectivity index (χ1) is 19.2. The maximum atomic E-state index is 14.2. The molecule has 0 radical (unpaired) electrons. The van der Waals surface area contributed by atoms with Crippen LogP contribution in [0.2, 0.25) is 0 Å². The zero-order valence-corrected chi connectivity index (χ0v) is 24.4. The van der Waals surface area contributed by atoms with Crippen molar-refractivity contribution in [2.24, 2.45) is 5.92 Å². The van der Waals surface area contributed by atoms with Crippen molar-refractivity contribution in [2.45, 2.75) is 40.8 Å². The third kappa shape index (κ3) is 4.01. The number of esters is 1. The maximum absolute atomic E-state index is 14.2. The summed E-state index contributed by atoms with van der Waals surface area (Å²) in [5.41, 5.74) is 2.65. The highest BCUT2D eigenvalue weighted by atomic mass is 79.9. The van der Waals surface area contributed by atoms with Crippen LogP contribution < -0.4 is 4.74 Å². The molecule has 6 rings (SSSR count). The lowest BCUT2D eigenvalue weighted by atomic mass is 9.84. The maximum Gasteiger partial charge on any atom is 0.355 e. The minimum atomic E-state index is -3.88. The molecule has 1 saturated carbocycles. The zero-order chi connectivity index (χ0) is 28.2. The van der Waals surface area contributed by atoms with E-state index in [1.54, 1.807) is 38.3 Å². The average Bonchev–Trinajstić information content (AvgIpc) is 3.72. The van der Waals surface area contributed by atoms with Gasteiger partial charge in [0.05, 0.1) is 12.4 Å². The number of carbonyl (C=O) groups is 2. The fourth-order valence-electron chi connectivity index (χ4n) is 6.39. The summed E-state index contributed by atoms with van der Waals surface area (Å²) < 4.78 is 39.1. The molecule has 1 aliphatic carbocycles. The lowest BCUT2D eigenvalue weighted by molar-refractivity contribution is -0.149. The standard InChI is InChI=1S/C31H28BrNO6S/c1-19-26(30(35)39-18-20-13-15-23(38-2)16-14-20)33-28(34)25(32)29(33)40(36,37)27(19)24-17-31(24,21-9-5-3-6-10-21)22-11-7-4-8-12-22/h3-16,24-25,27,29H,17-18H2,1-2H3/t24?,25-,27?,29-/m0/s1. The summed E-state index contributed by atoms with van der Waals surface area (Å²) in [5.74, 6) is -0.812. The Balaban J connectivity index is 1.40. The number of sulfone groups is 1. The van der Waals surface area contributed by atoms with Gasteiger partial charge in [-0.15, -0.1) is 0 Å². The SMILES string of the molecule is COc1ccc(COC(=O)C2=C(C)C(C3CC3(c3ccccc3)c3ccccc3)S(=O)(=O)[C@H]3[C@@H](Br)C(=O)N23)cc1. The zero-order valence-electron chi connectivity index (χ0n) is 22.0. The van der Waals surface area contributed by atoms with E-state index in [-0.39, 0.29) is 18.2 Å². The van der Waals surface area contributed by atoms with E-state index in [2.05, 4.69) is 15.9 Å². The molecule has 0 aromatic heterocycles. The normalized spacial score (nSPS) is 26.0. The summed E-state index contributed by atoms with van der Waals surface area (Å²) in [5, 5.41) is -2.12. The molecule has 3 aromatic rings. The first-order valence-corrected chi connectivity index (χ1v) is 15.6. The van der Waals surface area contributed by atoms with Gasteiger partial charge in [-0.1, -0.05) is 88.7 Å². The van der Waals surface area contributed by atoms with Crippen molar-refractivity contribution in [1.29, 1.82) is 0 Å². The molecule has 4 atom stereocenters. The Bertz CT molecular complexity index is 1560. The number of fused-ring (bicyclic) bond motifs is 1. The fraction of sp³-hybridized carbons (Fsp3) is 0.290. The number of alkyl halides is 1. The van der Waals surface area contributed by atoms with Gasteiger partial charge in [0.2, 0.25) is 5.91 Å². The van der Waals surface area contributed by atoms with Crippen molar-refractivity contribution < 1.29 is 27.5 Å². The van der Waals surface area contributed by atoms with Gasteiger partial charge < -0.3 is 9.47 Å². The summed E-state index contributed by atoms with van der Waals surface area (Å²) >= 11 is 3.29. The van der Waals surface area contributed by atoms with Crippen LogP contribution in [0.5, 0.6) is 5.75 Å². The van der Waals surface area contributed by atoms with E-state index in [4.69, 9.17) is 9.47 Å². The average molecular weight is 623 g/mol. The van der Waals surface area contributed by atoms with Crippen molar-refractivity contribution in [3.05, 3.63) is 113 Å². The Kier molecular flexibility index (Phi) is 6.62. The van der Waals surface area contributed by atoms with Crippen LogP contribution >= 0.6 is 15.9 Å². The Morgan fingerprint density at radius 1 is 0.975 bits per heavy atom. The lowest BCUT2D eigenvalue weighted by Crippen LogP contribution is -2.69. The van der Waals surface area contributed by atoms with Gasteiger partial charge in [-0.2, -0.15) is 0 Å². The molecule has 206 valence electrons. The van der Waals surface area contributed by atoms with Gasteiger partial charge >= 0.3 is 5.97 Å². The Morgan fingerprint density at radius 3 is 2.10 bits per heavy atom. The van der Waals surface area contributed by atoms with Crippen molar-refractivity contribution in [3.8, 4) is 5.75 Å². The second kappa shape index (κ2) is 9.89. The highest BCUT2D eigenvalue weighted by Crippen LogP contribution is 2.64. The van der Waals surface area contributed by atoms with E-state index < -0.39 is 42.6 Å². The number of hydrogen-bond acceptors (Lipinski definition) is 6. The van der Waals surface area contributed by atoms with Gasteiger partial charge in [0.1, 0.15) is 22.9 Å². The van der Waals surface area contributed by atoms with E-state index in [9.17, 15) is 18.0 Å². The first kappa shape index (κ1) is 26.8. The van der Waals surface area contributed by atoms with Crippen molar-refractivity contribution in [1.82, 2.24) is 4.90 Å². The number of ether oxygens (including phenoxy) is 2. The number of amides is 1. The van der Waals surface area contributed by atoms with Gasteiger partial charge in [0.25, 0.3) is 0 Å². The third-order valence-corrected chi connectivity index (χ3v) is 12.2. The van der Waals surface area contributed by atoms with Gasteiger partial charge in [-0.25, -0.2) is 13.2 Å². The number of nitrogens with zero attached hydrogens (tertiary/aromatic N) is 1. The number of methoxy groups -OCH3 is 1. The van der Waals surface area contributed by atoms with Crippen LogP contribution in [0.1, 0.15) is 30.0 Å². The predicted octanol–water partition coefficient (Wildman–Crippen LogP) is 4.75. The molecule has 40 heavy (non-hydrogen) atoms. The molecule has 2 fully saturated rings. The molecule has 2 aliphatic heterocycles. The van der Waals surface area contributed by atoms with Gasteiger partial charge in [0.15, 0.2) is 15.2 Å². The van der Waals surface area contributed by atoms with E-state index in [0.717, 1.165) is 21.6 Å². The topological polar surface area (TPSA) is 90.0 Å². The van der Waals surface area contributed by atoms with Crippen LogP contribution in [0.25, 0.3) is 0 Å². The molecule has 1 saturated heterocycles. The minimum absolute atomic E-state index is 0.0249. The van der Waals surface area contributed by atoms with Crippen LogP contribution in [0.4, 0.5) is 0 Å². The summed E-state index contributed by atoms with van der Waals surface area (Å²) in [6.45, 7) is 1.62. The molecular weight excluding hydrogens is 594 g/mol. The van der Waals surface area contributed by atoms with Crippen molar-refractivity contribution in [2.75, 3.05) is 7.11 Å². The highest BCUT2D eigenvalue weighted by Gasteiger charge is 2.69. The van der Waals surface area contributed by atoms with Crippen molar-refractivity contribution >= 4 is 37.6 Å². The number of β-lactam (4-membered cyclic amide) rings is 1. The Hall–Kier alpha value is -3.43. The van der Waals surface area contributed by atoms with E-state index >= 15 is 0 Å². The fourth-order valence-corrected chi connectivity index (χ4v) is 10.4. The second-order valence-corrected chi connectivity index (χ2v) is 13.6. The van der Waals surface area contributed by atoms with Gasteiger partial charge in [-0.05, 0) is 53.7 Å². The van der Waals surface area contributed by atoms with Crippen molar-refractivity contribution in [3.63, 3.8) is 0 Å². The molecule has 7 nitrogen and oxygen atoms in total. The molecule has 1 amide bonds.